The molecule has 0 aliphatic heterocycles. The zero-order chi connectivity index (χ0) is 10.8. The maximum Gasteiger partial charge on any atom is 0.130 e. The molecule has 0 unspecified atom stereocenters. The molecule has 0 amide bonds. The van der Waals surface area contributed by atoms with Crippen molar-refractivity contribution >= 4 is 17.4 Å². The van der Waals surface area contributed by atoms with Crippen molar-refractivity contribution in [1.29, 1.82) is 0 Å². The number of aromatic nitrogens is 2. The van der Waals surface area contributed by atoms with Crippen LogP contribution in [0.3, 0.4) is 0 Å². The Labute approximate surface area is 93.5 Å². The van der Waals surface area contributed by atoms with Crippen molar-refractivity contribution in [2.24, 2.45) is 0 Å². The lowest BCUT2D eigenvalue weighted by molar-refractivity contribution is 0.891. The number of nitrogen functional groups attached to an aromatic ring is 1. The van der Waals surface area contributed by atoms with E-state index in [1.54, 1.807) is 10.9 Å². The topological polar surface area (TPSA) is 43.8 Å². The predicted molar refractivity (Wildman–Crippen MR) is 62.4 cm³/mol. The fraction of sp³-hybridized carbons (Fsp3) is 0.182. The van der Waals surface area contributed by atoms with E-state index in [1.165, 1.54) is 0 Å². The van der Waals surface area contributed by atoms with Gasteiger partial charge < -0.3 is 5.73 Å². The monoisotopic (exact) mass is 221 g/mol. The molecule has 78 valence electrons. The highest BCUT2D eigenvalue weighted by atomic mass is 35.5. The molecule has 1 aromatic carbocycles. The first-order valence-corrected chi connectivity index (χ1v) is 5.18. The van der Waals surface area contributed by atoms with Crippen LogP contribution in [0.25, 0.3) is 5.69 Å². The quantitative estimate of drug-likeness (QED) is 0.848. The van der Waals surface area contributed by atoms with Crippen LogP contribution in [0, 0.1) is 0 Å². The van der Waals surface area contributed by atoms with Crippen LogP contribution in [0.4, 0.5) is 5.82 Å². The summed E-state index contributed by atoms with van der Waals surface area (Å²) < 4.78 is 1.72. The number of rotatable bonds is 2. The molecule has 0 bridgehead atoms. The lowest BCUT2D eigenvalue weighted by Crippen LogP contribution is -2.02. The molecule has 3 nitrogen and oxygen atoms in total. The van der Waals surface area contributed by atoms with Gasteiger partial charge in [-0.1, -0.05) is 18.5 Å². The summed E-state index contributed by atoms with van der Waals surface area (Å²) in [4.78, 5) is 0. The summed E-state index contributed by atoms with van der Waals surface area (Å²) in [7, 11) is 0. The number of anilines is 1. The van der Waals surface area contributed by atoms with E-state index in [9.17, 15) is 0 Å². The first kappa shape index (κ1) is 10.1. The van der Waals surface area contributed by atoms with E-state index >= 15 is 0 Å². The van der Waals surface area contributed by atoms with E-state index in [1.807, 2.05) is 24.3 Å². The summed E-state index contributed by atoms with van der Waals surface area (Å²) in [5, 5.41) is 4.94. The molecule has 2 aromatic rings. The summed E-state index contributed by atoms with van der Waals surface area (Å²) in [5.41, 5.74) is 7.94. The molecule has 0 fully saturated rings. The summed E-state index contributed by atoms with van der Waals surface area (Å²) >= 11 is 5.81. The van der Waals surface area contributed by atoms with Crippen LogP contribution >= 0.6 is 11.6 Å². The third-order valence-corrected chi connectivity index (χ3v) is 2.59. The molecular weight excluding hydrogens is 210 g/mol. The van der Waals surface area contributed by atoms with Gasteiger partial charge in [-0.05, 0) is 30.7 Å². The third kappa shape index (κ3) is 1.83. The summed E-state index contributed by atoms with van der Waals surface area (Å²) in [5.74, 6) is 0.694. The van der Waals surface area contributed by atoms with E-state index in [2.05, 4.69) is 12.0 Å². The smallest absolute Gasteiger partial charge is 0.130 e. The molecule has 0 spiro atoms. The molecule has 1 heterocycles. The normalized spacial score (nSPS) is 10.5. The van der Waals surface area contributed by atoms with Gasteiger partial charge in [-0.25, -0.2) is 4.68 Å². The van der Waals surface area contributed by atoms with E-state index in [0.717, 1.165) is 17.7 Å². The average molecular weight is 222 g/mol. The van der Waals surface area contributed by atoms with Gasteiger partial charge in [-0.3, -0.25) is 0 Å². The van der Waals surface area contributed by atoms with Gasteiger partial charge in [0, 0.05) is 10.6 Å². The van der Waals surface area contributed by atoms with Crippen molar-refractivity contribution in [3.63, 3.8) is 0 Å². The average Bonchev–Trinajstić information content (AvgIpc) is 2.61. The fourth-order valence-electron chi connectivity index (χ4n) is 1.45. The Morgan fingerprint density at radius 2 is 2.00 bits per heavy atom. The SMILES string of the molecule is CCc1cnn(-c2ccc(Cl)cc2)c1N. The zero-order valence-electron chi connectivity index (χ0n) is 8.44. The molecule has 2 rings (SSSR count). The zero-order valence-corrected chi connectivity index (χ0v) is 9.20. The van der Waals surface area contributed by atoms with Crippen LogP contribution < -0.4 is 5.73 Å². The highest BCUT2D eigenvalue weighted by Crippen LogP contribution is 2.18. The first-order chi connectivity index (χ1) is 7.22. The Morgan fingerprint density at radius 3 is 2.53 bits per heavy atom. The van der Waals surface area contributed by atoms with Gasteiger partial charge in [-0.2, -0.15) is 5.10 Å². The van der Waals surface area contributed by atoms with Gasteiger partial charge in [-0.15, -0.1) is 0 Å². The van der Waals surface area contributed by atoms with Gasteiger partial charge >= 0.3 is 0 Å². The summed E-state index contributed by atoms with van der Waals surface area (Å²) in [6.07, 6.45) is 2.68. The number of benzene rings is 1. The molecule has 2 N–H and O–H groups in total. The Balaban J connectivity index is 2.45. The minimum Gasteiger partial charge on any atom is -0.383 e. The van der Waals surface area contributed by atoms with Crippen LogP contribution in [-0.2, 0) is 6.42 Å². The van der Waals surface area contributed by atoms with Gasteiger partial charge in [0.05, 0.1) is 11.9 Å². The number of nitrogens with two attached hydrogens (primary N) is 1. The Hall–Kier alpha value is -1.48. The minimum absolute atomic E-state index is 0.694. The number of hydrogen-bond acceptors (Lipinski definition) is 2. The largest absolute Gasteiger partial charge is 0.383 e. The number of hydrogen-bond donors (Lipinski definition) is 1. The number of nitrogens with zero attached hydrogens (tertiary/aromatic N) is 2. The fourth-order valence-corrected chi connectivity index (χ4v) is 1.58. The van der Waals surface area contributed by atoms with Crippen molar-refractivity contribution < 1.29 is 0 Å². The van der Waals surface area contributed by atoms with Crippen LogP contribution in [-0.4, -0.2) is 9.78 Å². The van der Waals surface area contributed by atoms with Crippen LogP contribution in [0.5, 0.6) is 0 Å². The summed E-state index contributed by atoms with van der Waals surface area (Å²) in [6.45, 7) is 2.06. The molecular formula is C11H12ClN3. The van der Waals surface area contributed by atoms with Crippen molar-refractivity contribution in [2.45, 2.75) is 13.3 Å². The second-order valence-electron chi connectivity index (χ2n) is 3.30. The van der Waals surface area contributed by atoms with Gasteiger partial charge in [0.15, 0.2) is 0 Å². The Bertz CT molecular complexity index is 459. The molecule has 0 saturated heterocycles. The first-order valence-electron chi connectivity index (χ1n) is 4.80. The third-order valence-electron chi connectivity index (χ3n) is 2.34. The van der Waals surface area contributed by atoms with Crippen molar-refractivity contribution in [1.82, 2.24) is 9.78 Å². The summed E-state index contributed by atoms with van der Waals surface area (Å²) in [6, 6.07) is 7.43. The molecule has 15 heavy (non-hydrogen) atoms. The lowest BCUT2D eigenvalue weighted by Gasteiger charge is -2.04. The molecule has 0 saturated carbocycles. The molecule has 0 aliphatic rings. The van der Waals surface area contributed by atoms with Crippen LogP contribution in [0.2, 0.25) is 5.02 Å². The number of halogens is 1. The van der Waals surface area contributed by atoms with Gasteiger partial charge in [0.2, 0.25) is 0 Å². The highest BCUT2D eigenvalue weighted by Gasteiger charge is 2.06. The molecule has 0 aliphatic carbocycles. The second-order valence-corrected chi connectivity index (χ2v) is 3.73. The Kier molecular flexibility index (Phi) is 2.64. The van der Waals surface area contributed by atoms with Crippen molar-refractivity contribution in [3.05, 3.63) is 41.0 Å². The minimum atomic E-state index is 0.694. The van der Waals surface area contributed by atoms with Crippen LogP contribution in [0.1, 0.15) is 12.5 Å². The number of aryl methyl sites for hydroxylation is 1. The molecule has 0 atom stereocenters. The van der Waals surface area contributed by atoms with Crippen LogP contribution in [0.15, 0.2) is 30.5 Å². The second kappa shape index (κ2) is 3.95. The van der Waals surface area contributed by atoms with Crippen molar-refractivity contribution in [2.75, 3.05) is 5.73 Å². The highest BCUT2D eigenvalue weighted by molar-refractivity contribution is 6.30. The van der Waals surface area contributed by atoms with Gasteiger partial charge in [0.25, 0.3) is 0 Å². The predicted octanol–water partition coefficient (Wildman–Crippen LogP) is 2.67. The standard InChI is InChI=1S/C11H12ClN3/c1-2-8-7-14-15(11(8)13)10-5-3-9(12)4-6-10/h3-7H,2,13H2,1H3. The molecule has 4 heteroatoms. The van der Waals surface area contributed by atoms with E-state index in [-0.39, 0.29) is 0 Å². The molecule has 1 aromatic heterocycles. The van der Waals surface area contributed by atoms with Gasteiger partial charge in [0.1, 0.15) is 5.82 Å². The lowest BCUT2D eigenvalue weighted by atomic mass is 10.2. The van der Waals surface area contributed by atoms with E-state index in [4.69, 9.17) is 17.3 Å². The Morgan fingerprint density at radius 1 is 1.33 bits per heavy atom. The van der Waals surface area contributed by atoms with Crippen molar-refractivity contribution in [3.8, 4) is 5.69 Å². The van der Waals surface area contributed by atoms with E-state index in [0.29, 0.717) is 10.8 Å². The van der Waals surface area contributed by atoms with E-state index < -0.39 is 0 Å². The maximum absolute atomic E-state index is 5.95. The molecule has 0 radical (unpaired) electrons. The maximum atomic E-state index is 5.95.